The zero-order valence-electron chi connectivity index (χ0n) is 21.2. The first-order valence-electron chi connectivity index (χ1n) is 13.0. The third-order valence-corrected chi connectivity index (χ3v) is 8.20. The van der Waals surface area contributed by atoms with Crippen LogP contribution in [0.4, 0.5) is 8.78 Å². The van der Waals surface area contributed by atoms with Crippen LogP contribution in [0.25, 0.3) is 0 Å². The van der Waals surface area contributed by atoms with Gasteiger partial charge < -0.3 is 19.4 Å². The molecule has 0 saturated carbocycles. The Morgan fingerprint density at radius 3 is 2.55 bits per heavy atom. The number of halogens is 2. The van der Waals surface area contributed by atoms with Crippen molar-refractivity contribution in [1.29, 1.82) is 0 Å². The molecule has 1 aromatic heterocycles. The Labute approximate surface area is 225 Å². The highest BCUT2D eigenvalue weighted by atomic mass is 32.1. The fourth-order valence-electron chi connectivity index (χ4n) is 5.16. The zero-order chi connectivity index (χ0) is 26.5. The summed E-state index contributed by atoms with van der Waals surface area (Å²) in [5.41, 5.74) is 1.27. The van der Waals surface area contributed by atoms with E-state index in [0.717, 1.165) is 37.9 Å². The molecule has 2 amide bonds. The molecular formula is C29H31F2N3O3S. The van der Waals surface area contributed by atoms with Gasteiger partial charge in [-0.1, -0.05) is 6.07 Å². The molecule has 1 fully saturated rings. The number of fused-ring (bicyclic) bond motifs is 1. The number of hydrogen-bond acceptors (Lipinski definition) is 5. The van der Waals surface area contributed by atoms with Crippen LogP contribution in [0, 0.1) is 11.6 Å². The lowest BCUT2D eigenvalue weighted by atomic mass is 10.0. The average Bonchev–Trinajstić information content (AvgIpc) is 3.62. The molecule has 1 atom stereocenters. The minimum absolute atomic E-state index is 0.101. The van der Waals surface area contributed by atoms with Crippen molar-refractivity contribution in [3.8, 4) is 5.75 Å². The molecule has 6 nitrogen and oxygen atoms in total. The molecule has 200 valence electrons. The van der Waals surface area contributed by atoms with Crippen molar-refractivity contribution in [2.24, 2.45) is 0 Å². The highest BCUT2D eigenvalue weighted by Gasteiger charge is 2.34. The van der Waals surface area contributed by atoms with Gasteiger partial charge in [-0.25, -0.2) is 8.78 Å². The summed E-state index contributed by atoms with van der Waals surface area (Å²) in [5, 5.41) is 2.01. The maximum Gasteiger partial charge on any atom is 0.254 e. The van der Waals surface area contributed by atoms with Gasteiger partial charge in [-0.3, -0.25) is 9.59 Å². The second-order valence-corrected chi connectivity index (χ2v) is 10.7. The molecule has 0 unspecified atom stereocenters. The van der Waals surface area contributed by atoms with Crippen LogP contribution < -0.4 is 4.74 Å². The Morgan fingerprint density at radius 1 is 1.00 bits per heavy atom. The van der Waals surface area contributed by atoms with Gasteiger partial charge in [0.25, 0.3) is 5.91 Å². The molecule has 0 spiro atoms. The first-order chi connectivity index (χ1) is 18.5. The van der Waals surface area contributed by atoms with Gasteiger partial charge in [0, 0.05) is 30.1 Å². The van der Waals surface area contributed by atoms with Gasteiger partial charge in [-0.05, 0) is 91.8 Å². The van der Waals surface area contributed by atoms with Crippen molar-refractivity contribution < 1.29 is 23.1 Å². The van der Waals surface area contributed by atoms with Crippen LogP contribution in [-0.4, -0.2) is 72.4 Å². The highest BCUT2D eigenvalue weighted by Crippen LogP contribution is 2.34. The smallest absolute Gasteiger partial charge is 0.254 e. The number of nitrogens with zero attached hydrogens (tertiary/aromatic N) is 3. The minimum Gasteiger partial charge on any atom is -0.491 e. The van der Waals surface area contributed by atoms with Gasteiger partial charge in [0.05, 0.1) is 6.04 Å². The summed E-state index contributed by atoms with van der Waals surface area (Å²) in [7, 11) is 0. The molecule has 1 saturated heterocycles. The second kappa shape index (κ2) is 12.0. The van der Waals surface area contributed by atoms with E-state index < -0.39 is 5.82 Å². The molecule has 3 aromatic rings. The molecule has 38 heavy (non-hydrogen) atoms. The van der Waals surface area contributed by atoms with E-state index in [4.69, 9.17) is 4.74 Å². The standard InChI is InChI=1S/C29H31F2N3O3S/c30-22-6-8-24(9-7-22)37-20-26-25-11-17-38-27(25)10-14-34(26)28(35)19-33(16-15-32-12-1-2-13-32)29(36)21-4-3-5-23(31)18-21/h3-9,11,17-18,26H,1-2,10,12-16,19-20H2/t26-/m0/s1. The van der Waals surface area contributed by atoms with Crippen LogP contribution in [-0.2, 0) is 11.2 Å². The van der Waals surface area contributed by atoms with Gasteiger partial charge in [0.1, 0.15) is 30.5 Å². The van der Waals surface area contributed by atoms with Crippen molar-refractivity contribution in [3.63, 3.8) is 0 Å². The number of likely N-dealkylation sites (tertiary alicyclic amines) is 1. The number of benzene rings is 2. The lowest BCUT2D eigenvalue weighted by Gasteiger charge is -2.37. The summed E-state index contributed by atoms with van der Waals surface area (Å²) in [6.07, 6.45) is 2.99. The van der Waals surface area contributed by atoms with Crippen molar-refractivity contribution in [2.45, 2.75) is 25.3 Å². The van der Waals surface area contributed by atoms with Crippen LogP contribution in [0.1, 0.15) is 39.7 Å². The van der Waals surface area contributed by atoms with Crippen molar-refractivity contribution in [1.82, 2.24) is 14.7 Å². The fourth-order valence-corrected chi connectivity index (χ4v) is 6.09. The van der Waals surface area contributed by atoms with E-state index >= 15 is 0 Å². The summed E-state index contributed by atoms with van der Waals surface area (Å²) in [6, 6.07) is 13.1. The zero-order valence-corrected chi connectivity index (χ0v) is 22.0. The lowest BCUT2D eigenvalue weighted by molar-refractivity contribution is -0.135. The number of carbonyl (C=O) groups excluding carboxylic acids is 2. The second-order valence-electron chi connectivity index (χ2n) is 9.70. The third-order valence-electron chi connectivity index (χ3n) is 7.21. The first-order valence-corrected chi connectivity index (χ1v) is 13.9. The van der Waals surface area contributed by atoms with Gasteiger partial charge in [-0.2, -0.15) is 0 Å². The summed E-state index contributed by atoms with van der Waals surface area (Å²) < 4.78 is 33.2. The highest BCUT2D eigenvalue weighted by molar-refractivity contribution is 7.10. The summed E-state index contributed by atoms with van der Waals surface area (Å²) in [4.78, 5) is 34.0. The van der Waals surface area contributed by atoms with E-state index in [2.05, 4.69) is 4.90 Å². The van der Waals surface area contributed by atoms with Crippen molar-refractivity contribution in [2.75, 3.05) is 45.9 Å². The molecule has 0 N–H and O–H groups in total. The maximum absolute atomic E-state index is 13.9. The molecule has 0 bridgehead atoms. The Kier molecular flexibility index (Phi) is 8.34. The fraction of sp³-hybridized carbons (Fsp3) is 0.379. The SMILES string of the molecule is O=C(c1cccc(F)c1)N(CCN1CCCC1)CC(=O)N1CCc2sccc2[C@@H]1COc1ccc(F)cc1. The molecule has 0 aliphatic carbocycles. The molecule has 5 rings (SSSR count). The molecule has 0 radical (unpaired) electrons. The minimum atomic E-state index is -0.485. The van der Waals surface area contributed by atoms with Gasteiger partial charge >= 0.3 is 0 Å². The Hall–Kier alpha value is -3.30. The molecule has 3 heterocycles. The molecule has 9 heteroatoms. The van der Waals surface area contributed by atoms with Crippen molar-refractivity contribution in [3.05, 3.63) is 87.6 Å². The summed E-state index contributed by atoms with van der Waals surface area (Å²) >= 11 is 1.66. The summed E-state index contributed by atoms with van der Waals surface area (Å²) in [6.45, 7) is 3.63. The Morgan fingerprint density at radius 2 is 1.79 bits per heavy atom. The third kappa shape index (κ3) is 6.22. The number of carbonyl (C=O) groups is 2. The summed E-state index contributed by atoms with van der Waals surface area (Å²) in [5.74, 6) is -0.843. The first kappa shape index (κ1) is 26.3. The van der Waals surface area contributed by atoms with E-state index in [-0.39, 0.29) is 42.4 Å². The number of hydrogen-bond donors (Lipinski definition) is 0. The lowest BCUT2D eigenvalue weighted by Crippen LogP contribution is -2.49. The normalized spacial score (nSPS) is 17.3. The quantitative estimate of drug-likeness (QED) is 0.393. The van der Waals surface area contributed by atoms with Crippen LogP contribution in [0.5, 0.6) is 5.75 Å². The molecular weight excluding hydrogens is 508 g/mol. The maximum atomic E-state index is 13.9. The number of rotatable bonds is 9. The van der Waals surface area contributed by atoms with Crippen LogP contribution in [0.3, 0.4) is 0 Å². The van der Waals surface area contributed by atoms with Gasteiger partial charge in [-0.15, -0.1) is 11.3 Å². The van der Waals surface area contributed by atoms with Crippen LogP contribution in [0.15, 0.2) is 60.0 Å². The number of thiophene rings is 1. The van der Waals surface area contributed by atoms with Crippen molar-refractivity contribution >= 4 is 23.2 Å². The number of ether oxygens (including phenoxy) is 1. The van der Waals surface area contributed by atoms with E-state index in [1.165, 1.54) is 40.1 Å². The predicted octanol–water partition coefficient (Wildman–Crippen LogP) is 4.77. The van der Waals surface area contributed by atoms with E-state index in [0.29, 0.717) is 25.4 Å². The molecule has 2 aliphatic rings. The van der Waals surface area contributed by atoms with Gasteiger partial charge in [0.15, 0.2) is 0 Å². The Bertz CT molecular complexity index is 1260. The van der Waals surface area contributed by atoms with Crippen LogP contribution >= 0.6 is 11.3 Å². The van der Waals surface area contributed by atoms with Crippen LogP contribution in [0.2, 0.25) is 0 Å². The average molecular weight is 540 g/mol. The van der Waals surface area contributed by atoms with E-state index in [1.54, 1.807) is 34.4 Å². The predicted molar refractivity (Wildman–Crippen MR) is 142 cm³/mol. The number of amides is 2. The topological polar surface area (TPSA) is 53.1 Å². The monoisotopic (exact) mass is 539 g/mol. The van der Waals surface area contributed by atoms with Gasteiger partial charge in [0.2, 0.25) is 5.91 Å². The largest absolute Gasteiger partial charge is 0.491 e. The molecule has 2 aliphatic heterocycles. The van der Waals surface area contributed by atoms with E-state index in [1.807, 2.05) is 11.4 Å². The Balaban J connectivity index is 1.33. The molecule has 2 aromatic carbocycles. The van der Waals surface area contributed by atoms with E-state index in [9.17, 15) is 18.4 Å².